The first kappa shape index (κ1) is 18.0. The number of carbonyl (C=O) groups is 3. The molecule has 1 saturated carbocycles. The summed E-state index contributed by atoms with van der Waals surface area (Å²) in [4.78, 5) is 40.4. The quantitative estimate of drug-likeness (QED) is 0.470. The van der Waals surface area contributed by atoms with Gasteiger partial charge in [0.15, 0.2) is 0 Å². The number of hydrogen-bond acceptors (Lipinski definition) is 5. The highest BCUT2D eigenvalue weighted by Gasteiger charge is 2.42. The van der Waals surface area contributed by atoms with Gasteiger partial charge in [0.05, 0.1) is 18.4 Å². The van der Waals surface area contributed by atoms with Crippen LogP contribution in [0.4, 0.5) is 5.69 Å². The van der Waals surface area contributed by atoms with Crippen molar-refractivity contribution < 1.29 is 19.1 Å². The number of esters is 1. The molecule has 2 rings (SSSR count). The lowest BCUT2D eigenvalue weighted by Crippen LogP contribution is -2.40. The molecular weight excluding hydrogens is 306 g/mol. The van der Waals surface area contributed by atoms with E-state index in [2.05, 4.69) is 9.73 Å². The number of hydrogen-bond donors (Lipinski definition) is 0. The molecule has 1 fully saturated rings. The molecule has 0 atom stereocenters. The minimum Gasteiger partial charge on any atom is -0.465 e. The largest absolute Gasteiger partial charge is 0.465 e. The van der Waals surface area contributed by atoms with Gasteiger partial charge in [-0.3, -0.25) is 14.6 Å². The van der Waals surface area contributed by atoms with E-state index < -0.39 is 11.9 Å². The standard InChI is InChI=1S/C19H23NO4/c1-4-19(5-2)10-16(21)15(17(22)11-19)12-20-14-8-6-13(7-9-14)18(23)24-3/h6-9,12,15H,4-5,10-11H2,1-3H3. The lowest BCUT2D eigenvalue weighted by atomic mass is 9.66. The molecule has 0 heterocycles. The molecule has 0 bridgehead atoms. The van der Waals surface area contributed by atoms with Crippen LogP contribution >= 0.6 is 0 Å². The van der Waals surface area contributed by atoms with Crippen molar-refractivity contribution in [2.45, 2.75) is 39.5 Å². The summed E-state index contributed by atoms with van der Waals surface area (Å²) in [6.45, 7) is 4.06. The van der Waals surface area contributed by atoms with Crippen LogP contribution in [0, 0.1) is 11.3 Å². The van der Waals surface area contributed by atoms with E-state index in [1.54, 1.807) is 24.3 Å². The van der Waals surface area contributed by atoms with Crippen molar-refractivity contribution in [3.05, 3.63) is 29.8 Å². The molecule has 128 valence electrons. The minimum absolute atomic E-state index is 0.0510. The van der Waals surface area contributed by atoms with Crippen molar-refractivity contribution in [3.63, 3.8) is 0 Å². The molecule has 1 aromatic carbocycles. The van der Waals surface area contributed by atoms with E-state index in [-0.39, 0.29) is 17.0 Å². The Morgan fingerprint density at radius 1 is 1.17 bits per heavy atom. The summed E-state index contributed by atoms with van der Waals surface area (Å²) in [5.74, 6) is -1.27. The number of carbonyl (C=O) groups excluding carboxylic acids is 3. The maximum atomic E-state index is 12.4. The Labute approximate surface area is 142 Å². The van der Waals surface area contributed by atoms with Crippen molar-refractivity contribution in [1.29, 1.82) is 0 Å². The smallest absolute Gasteiger partial charge is 0.337 e. The number of Topliss-reactive ketones (excluding diaryl/α,β-unsaturated/α-hetero) is 2. The molecule has 5 heteroatoms. The van der Waals surface area contributed by atoms with Gasteiger partial charge in [-0.05, 0) is 42.5 Å². The molecule has 0 aromatic heterocycles. The number of aliphatic imine (C=N–C) groups is 1. The molecule has 0 unspecified atom stereocenters. The average Bonchev–Trinajstić information content (AvgIpc) is 2.60. The summed E-state index contributed by atoms with van der Waals surface area (Å²) in [6, 6.07) is 6.51. The van der Waals surface area contributed by atoms with Crippen LogP contribution in [0.1, 0.15) is 49.9 Å². The zero-order chi connectivity index (χ0) is 17.7. The van der Waals surface area contributed by atoms with Crippen LogP contribution in [-0.2, 0) is 14.3 Å². The summed E-state index contributed by atoms with van der Waals surface area (Å²) in [5, 5.41) is 0. The third-order valence-corrected chi connectivity index (χ3v) is 4.95. The molecule has 5 nitrogen and oxygen atoms in total. The van der Waals surface area contributed by atoms with E-state index in [1.807, 2.05) is 13.8 Å². The van der Waals surface area contributed by atoms with Gasteiger partial charge in [-0.2, -0.15) is 0 Å². The Balaban J connectivity index is 2.10. The van der Waals surface area contributed by atoms with Gasteiger partial charge in [-0.1, -0.05) is 13.8 Å². The van der Waals surface area contributed by atoms with Crippen molar-refractivity contribution in [3.8, 4) is 0 Å². The summed E-state index contributed by atoms with van der Waals surface area (Å²) in [5.41, 5.74) is 0.837. The van der Waals surface area contributed by atoms with Gasteiger partial charge in [0.1, 0.15) is 17.5 Å². The van der Waals surface area contributed by atoms with Gasteiger partial charge >= 0.3 is 5.97 Å². The van der Waals surface area contributed by atoms with Crippen LogP contribution in [0.2, 0.25) is 0 Å². The Morgan fingerprint density at radius 2 is 1.71 bits per heavy atom. The Kier molecular flexibility index (Phi) is 5.65. The molecule has 24 heavy (non-hydrogen) atoms. The number of methoxy groups -OCH3 is 1. The number of ether oxygens (including phenoxy) is 1. The Bertz CT molecular complexity index is 636. The lowest BCUT2D eigenvalue weighted by Gasteiger charge is -2.36. The van der Waals surface area contributed by atoms with Gasteiger partial charge in [0.25, 0.3) is 0 Å². The number of rotatable bonds is 5. The highest BCUT2D eigenvalue weighted by Crippen LogP contribution is 2.40. The van der Waals surface area contributed by atoms with Crippen LogP contribution in [0.5, 0.6) is 0 Å². The Morgan fingerprint density at radius 3 is 2.17 bits per heavy atom. The number of nitrogens with zero attached hydrogens (tertiary/aromatic N) is 1. The number of benzene rings is 1. The topological polar surface area (TPSA) is 72.8 Å². The lowest BCUT2D eigenvalue weighted by molar-refractivity contribution is -0.137. The first-order valence-corrected chi connectivity index (χ1v) is 8.22. The van der Waals surface area contributed by atoms with Gasteiger partial charge in [0.2, 0.25) is 0 Å². The van der Waals surface area contributed by atoms with E-state index >= 15 is 0 Å². The fourth-order valence-corrected chi connectivity index (χ4v) is 3.08. The molecule has 0 amide bonds. The summed E-state index contributed by atoms with van der Waals surface area (Å²) in [7, 11) is 1.32. The van der Waals surface area contributed by atoms with Gasteiger partial charge in [-0.25, -0.2) is 4.79 Å². The van der Waals surface area contributed by atoms with Crippen LogP contribution in [0.25, 0.3) is 0 Å². The van der Waals surface area contributed by atoms with E-state index in [0.717, 1.165) is 12.8 Å². The zero-order valence-corrected chi connectivity index (χ0v) is 14.4. The second-order valence-corrected chi connectivity index (χ2v) is 6.29. The third-order valence-electron chi connectivity index (χ3n) is 4.95. The molecule has 1 aromatic rings. The molecule has 0 aliphatic heterocycles. The fraction of sp³-hybridized carbons (Fsp3) is 0.474. The summed E-state index contributed by atoms with van der Waals surface area (Å²) >= 11 is 0. The van der Waals surface area contributed by atoms with Crippen molar-refractivity contribution >= 4 is 29.4 Å². The minimum atomic E-state index is -0.753. The monoisotopic (exact) mass is 329 g/mol. The zero-order valence-electron chi connectivity index (χ0n) is 14.4. The highest BCUT2D eigenvalue weighted by molar-refractivity contribution is 6.16. The van der Waals surface area contributed by atoms with E-state index in [0.29, 0.717) is 24.1 Å². The van der Waals surface area contributed by atoms with Crippen LogP contribution in [0.15, 0.2) is 29.3 Å². The molecule has 0 radical (unpaired) electrons. The second-order valence-electron chi connectivity index (χ2n) is 6.29. The van der Waals surface area contributed by atoms with Crippen LogP contribution < -0.4 is 0 Å². The molecule has 0 N–H and O–H groups in total. The molecule has 0 saturated heterocycles. The van der Waals surface area contributed by atoms with Gasteiger partial charge < -0.3 is 4.74 Å². The van der Waals surface area contributed by atoms with Crippen molar-refractivity contribution in [2.24, 2.45) is 16.3 Å². The molecular formula is C19H23NO4. The predicted molar refractivity (Wildman–Crippen MR) is 91.7 cm³/mol. The molecule has 1 aliphatic rings. The van der Waals surface area contributed by atoms with Crippen molar-refractivity contribution in [2.75, 3.05) is 7.11 Å². The maximum Gasteiger partial charge on any atom is 0.337 e. The van der Waals surface area contributed by atoms with E-state index in [1.165, 1.54) is 13.3 Å². The highest BCUT2D eigenvalue weighted by atomic mass is 16.5. The average molecular weight is 329 g/mol. The van der Waals surface area contributed by atoms with Gasteiger partial charge in [-0.15, -0.1) is 0 Å². The first-order chi connectivity index (χ1) is 11.4. The normalized spacial score (nSPS) is 18.1. The Hall–Kier alpha value is -2.30. The second kappa shape index (κ2) is 7.51. The predicted octanol–water partition coefficient (Wildman–Crippen LogP) is 3.53. The van der Waals surface area contributed by atoms with E-state index in [4.69, 9.17) is 0 Å². The number of ketones is 2. The summed E-state index contributed by atoms with van der Waals surface area (Å²) < 4.78 is 4.63. The maximum absolute atomic E-state index is 12.4. The SMILES string of the molecule is CCC1(CC)CC(=O)C(C=Nc2ccc(C(=O)OC)cc2)C(=O)C1. The summed E-state index contributed by atoms with van der Waals surface area (Å²) in [6.07, 6.45) is 3.97. The van der Waals surface area contributed by atoms with Crippen LogP contribution in [-0.4, -0.2) is 30.9 Å². The van der Waals surface area contributed by atoms with E-state index in [9.17, 15) is 14.4 Å². The molecule has 0 spiro atoms. The third kappa shape index (κ3) is 3.78. The van der Waals surface area contributed by atoms with Crippen LogP contribution in [0.3, 0.4) is 0 Å². The molecule has 1 aliphatic carbocycles. The first-order valence-electron chi connectivity index (χ1n) is 8.22. The fourth-order valence-electron chi connectivity index (χ4n) is 3.08. The van der Waals surface area contributed by atoms with Crippen molar-refractivity contribution in [1.82, 2.24) is 0 Å². The van der Waals surface area contributed by atoms with Gasteiger partial charge in [0, 0.05) is 19.1 Å².